The first-order valence-corrected chi connectivity index (χ1v) is 13.5. The second kappa shape index (κ2) is 8.42. The van der Waals surface area contributed by atoms with E-state index >= 15 is 0 Å². The van der Waals surface area contributed by atoms with Crippen LogP contribution in [0.25, 0.3) is 33.6 Å². The molecule has 8 nitrogen and oxygen atoms in total. The molecule has 0 amide bonds. The molecule has 10 heteroatoms. The number of rotatable bonds is 5. The van der Waals surface area contributed by atoms with Crippen molar-refractivity contribution in [3.8, 4) is 11.5 Å². The number of nitrogens with one attached hydrogen (secondary N) is 1. The molecule has 4 aromatic rings. The Labute approximate surface area is 217 Å². The lowest BCUT2D eigenvalue weighted by Gasteiger charge is -2.47. The van der Waals surface area contributed by atoms with Crippen LogP contribution in [0.4, 0.5) is 0 Å². The minimum atomic E-state index is -0.192. The van der Waals surface area contributed by atoms with Crippen LogP contribution in [0.3, 0.4) is 0 Å². The summed E-state index contributed by atoms with van der Waals surface area (Å²) < 4.78 is 7.73. The normalized spacial score (nSPS) is 25.6. The molecule has 36 heavy (non-hydrogen) atoms. The molecular formula is C26H26Cl2N6O2. The molecule has 4 saturated carbocycles. The summed E-state index contributed by atoms with van der Waals surface area (Å²) in [5, 5.41) is 10.2. The third-order valence-electron chi connectivity index (χ3n) is 8.27. The van der Waals surface area contributed by atoms with Crippen LogP contribution in [0.15, 0.2) is 18.5 Å². The average Bonchev–Trinajstić information content (AvgIpc) is 3.58. The number of carbonyl (C=O) groups excluding carboxylic acids is 1. The molecular weight excluding hydrogens is 499 g/mol. The average molecular weight is 525 g/mol. The number of esters is 1. The molecule has 4 heterocycles. The molecule has 4 fully saturated rings. The highest BCUT2D eigenvalue weighted by atomic mass is 35.5. The van der Waals surface area contributed by atoms with Crippen LogP contribution in [-0.4, -0.2) is 42.3 Å². The van der Waals surface area contributed by atoms with E-state index in [1.54, 1.807) is 6.20 Å². The lowest BCUT2D eigenvalue weighted by molar-refractivity contribution is -0.157. The van der Waals surface area contributed by atoms with Crippen molar-refractivity contribution in [2.75, 3.05) is 6.61 Å². The minimum absolute atomic E-state index is 0.0315. The number of nitrogens with zero attached hydrogens (tertiary/aromatic N) is 5. The van der Waals surface area contributed by atoms with Gasteiger partial charge < -0.3 is 9.30 Å². The van der Waals surface area contributed by atoms with Gasteiger partial charge in [-0.1, -0.05) is 23.2 Å². The van der Waals surface area contributed by atoms with Crippen LogP contribution < -0.4 is 0 Å². The predicted molar refractivity (Wildman–Crippen MR) is 137 cm³/mol. The van der Waals surface area contributed by atoms with Crippen LogP contribution in [0.5, 0.6) is 0 Å². The van der Waals surface area contributed by atoms with E-state index in [1.165, 1.54) is 0 Å². The number of pyridine rings is 1. The number of halogens is 2. The van der Waals surface area contributed by atoms with Crippen LogP contribution in [0.1, 0.15) is 63.1 Å². The van der Waals surface area contributed by atoms with Gasteiger partial charge in [0.1, 0.15) is 11.3 Å². The molecule has 0 saturated heterocycles. The molecule has 4 aliphatic rings. The first-order chi connectivity index (χ1) is 17.5. The fourth-order valence-electron chi connectivity index (χ4n) is 6.55. The van der Waals surface area contributed by atoms with Crippen molar-refractivity contribution >= 4 is 51.2 Å². The summed E-state index contributed by atoms with van der Waals surface area (Å²) in [6.45, 7) is 2.25. The molecule has 2 bridgehead atoms. The molecule has 0 aliphatic heterocycles. The smallest absolute Gasteiger partial charge is 0.311 e. The zero-order chi connectivity index (χ0) is 24.6. The summed E-state index contributed by atoms with van der Waals surface area (Å²) in [6, 6.07) is 1.80. The van der Waals surface area contributed by atoms with Gasteiger partial charge in [0, 0.05) is 18.3 Å². The Morgan fingerprint density at radius 2 is 1.92 bits per heavy atom. The van der Waals surface area contributed by atoms with E-state index in [9.17, 15) is 4.79 Å². The number of ether oxygens (including phenoxy) is 1. The van der Waals surface area contributed by atoms with Crippen molar-refractivity contribution in [3.05, 3.63) is 34.2 Å². The fraction of sp³-hybridized carbons (Fsp3) is 0.500. The van der Waals surface area contributed by atoms with E-state index in [1.807, 2.05) is 19.2 Å². The van der Waals surface area contributed by atoms with Gasteiger partial charge in [-0.3, -0.25) is 9.89 Å². The van der Waals surface area contributed by atoms with Crippen LogP contribution in [-0.2, 0) is 9.53 Å². The molecule has 186 valence electrons. The Balaban J connectivity index is 1.44. The SMILES string of the molecule is CCOC(=O)[C@H]1C2CCC(CC2)[C@@H]1n1cc(Cl)c2c(C3CC3)nc(-c3[nH]nc4ncc(Cl)cc34)nc21. The predicted octanol–water partition coefficient (Wildman–Crippen LogP) is 6.09. The highest BCUT2D eigenvalue weighted by Gasteiger charge is 2.49. The standard InChI is InChI=1S/C26H26Cl2N6O2/c1-2-36-26(35)18-12-3-7-14(8-4-12)22(18)34-11-17(28)19-20(13-5-6-13)30-24(31-25(19)34)21-16-9-15(27)10-29-23(16)33-32-21/h9-14,18,22H,2-8H2,1H3,(H,29,32,33)/t12?,14?,18-,22-/m0/s1. The van der Waals surface area contributed by atoms with Crippen molar-refractivity contribution in [2.24, 2.45) is 17.8 Å². The quantitative estimate of drug-likeness (QED) is 0.317. The highest BCUT2D eigenvalue weighted by Crippen LogP contribution is 2.53. The van der Waals surface area contributed by atoms with Gasteiger partial charge >= 0.3 is 5.97 Å². The van der Waals surface area contributed by atoms with Crippen molar-refractivity contribution in [2.45, 2.75) is 57.4 Å². The summed E-state index contributed by atoms with van der Waals surface area (Å²) in [6.07, 6.45) is 10.0. The maximum atomic E-state index is 13.2. The van der Waals surface area contributed by atoms with Crippen LogP contribution in [0, 0.1) is 17.8 Å². The van der Waals surface area contributed by atoms with Crippen molar-refractivity contribution in [1.29, 1.82) is 0 Å². The molecule has 8 rings (SSSR count). The topological polar surface area (TPSA) is 98.6 Å². The van der Waals surface area contributed by atoms with Gasteiger partial charge in [-0.2, -0.15) is 5.10 Å². The number of aromatic amines is 1. The second-order valence-corrected chi connectivity index (χ2v) is 11.2. The van der Waals surface area contributed by atoms with Gasteiger partial charge in [0.2, 0.25) is 0 Å². The third kappa shape index (κ3) is 3.44. The fourth-order valence-corrected chi connectivity index (χ4v) is 7.00. The van der Waals surface area contributed by atoms with Gasteiger partial charge in [-0.05, 0) is 63.4 Å². The molecule has 0 unspecified atom stereocenters. The number of hydrogen-bond donors (Lipinski definition) is 1. The number of carbonyl (C=O) groups is 1. The van der Waals surface area contributed by atoms with Gasteiger partial charge in [0.05, 0.1) is 45.1 Å². The maximum absolute atomic E-state index is 13.2. The maximum Gasteiger partial charge on any atom is 0.311 e. The molecule has 4 aliphatic carbocycles. The first-order valence-electron chi connectivity index (χ1n) is 12.8. The molecule has 4 aromatic heterocycles. The van der Waals surface area contributed by atoms with E-state index in [2.05, 4.69) is 19.7 Å². The number of hydrogen-bond acceptors (Lipinski definition) is 6. The zero-order valence-electron chi connectivity index (χ0n) is 19.9. The minimum Gasteiger partial charge on any atom is -0.466 e. The Bertz CT molecular complexity index is 1500. The highest BCUT2D eigenvalue weighted by molar-refractivity contribution is 6.35. The summed E-state index contributed by atoms with van der Waals surface area (Å²) in [4.78, 5) is 27.6. The molecule has 0 spiro atoms. The van der Waals surface area contributed by atoms with E-state index < -0.39 is 0 Å². The van der Waals surface area contributed by atoms with Crippen molar-refractivity contribution < 1.29 is 9.53 Å². The number of aromatic nitrogens is 6. The molecule has 1 N–H and O–H groups in total. The van der Waals surface area contributed by atoms with E-state index in [-0.39, 0.29) is 17.9 Å². The van der Waals surface area contributed by atoms with Gasteiger partial charge in [-0.15, -0.1) is 0 Å². The summed E-state index contributed by atoms with van der Waals surface area (Å²) in [5.74, 6) is 1.30. The molecule has 0 aromatic carbocycles. The monoisotopic (exact) mass is 524 g/mol. The Hall–Kier alpha value is -2.71. The Morgan fingerprint density at radius 1 is 1.14 bits per heavy atom. The van der Waals surface area contributed by atoms with Crippen molar-refractivity contribution in [3.63, 3.8) is 0 Å². The Morgan fingerprint density at radius 3 is 2.67 bits per heavy atom. The van der Waals surface area contributed by atoms with E-state index in [0.717, 1.165) is 60.6 Å². The van der Waals surface area contributed by atoms with Gasteiger partial charge in [0.25, 0.3) is 0 Å². The summed E-state index contributed by atoms with van der Waals surface area (Å²) >= 11 is 13.1. The lowest BCUT2D eigenvalue weighted by Crippen LogP contribution is -2.45. The third-order valence-corrected chi connectivity index (χ3v) is 8.77. The number of H-pyrrole nitrogens is 1. The summed E-state index contributed by atoms with van der Waals surface area (Å²) in [5.41, 5.74) is 2.98. The lowest BCUT2D eigenvalue weighted by atomic mass is 9.61. The molecule has 2 atom stereocenters. The van der Waals surface area contributed by atoms with Crippen LogP contribution in [0.2, 0.25) is 10.0 Å². The second-order valence-electron chi connectivity index (χ2n) is 10.4. The summed E-state index contributed by atoms with van der Waals surface area (Å²) in [7, 11) is 0. The zero-order valence-corrected chi connectivity index (χ0v) is 21.4. The molecule has 0 radical (unpaired) electrons. The first kappa shape index (κ1) is 22.5. The number of fused-ring (bicyclic) bond motifs is 5. The van der Waals surface area contributed by atoms with Crippen LogP contribution >= 0.6 is 23.2 Å². The largest absolute Gasteiger partial charge is 0.466 e. The van der Waals surface area contributed by atoms with E-state index in [4.69, 9.17) is 37.9 Å². The van der Waals surface area contributed by atoms with Gasteiger partial charge in [0.15, 0.2) is 11.5 Å². The van der Waals surface area contributed by atoms with E-state index in [0.29, 0.717) is 51.6 Å². The van der Waals surface area contributed by atoms with Crippen molar-refractivity contribution in [1.82, 2.24) is 29.7 Å². The van der Waals surface area contributed by atoms with Gasteiger partial charge in [-0.25, -0.2) is 15.0 Å². The Kier molecular flexibility index (Phi) is 5.26.